The number of benzene rings is 2. The van der Waals surface area contributed by atoms with Gasteiger partial charge in [-0.25, -0.2) is 9.78 Å². The van der Waals surface area contributed by atoms with E-state index in [4.69, 9.17) is 9.47 Å². The standard InChI is InChI=1S/C23H25N5O3/c1-17-24-21(16-22(25-17)31-20-6-4-3-5-7-20)27-12-14-28(15-13-27)23(29)26-18-8-10-19(30-2)11-9-18/h3-11,16H,12-15H2,1-2H3,(H,26,29). The minimum absolute atomic E-state index is 0.114. The molecule has 0 bridgehead atoms. The fourth-order valence-corrected chi connectivity index (χ4v) is 3.36. The zero-order chi connectivity index (χ0) is 21.6. The van der Waals surface area contributed by atoms with Gasteiger partial charge in [0.1, 0.15) is 23.1 Å². The Morgan fingerprint density at radius 2 is 1.65 bits per heavy atom. The van der Waals surface area contributed by atoms with Crippen LogP contribution in [0.4, 0.5) is 16.3 Å². The summed E-state index contributed by atoms with van der Waals surface area (Å²) in [6, 6.07) is 18.6. The molecule has 0 unspecified atom stereocenters. The van der Waals surface area contributed by atoms with Crippen molar-refractivity contribution >= 4 is 17.5 Å². The number of methoxy groups -OCH3 is 1. The summed E-state index contributed by atoms with van der Waals surface area (Å²) in [5.41, 5.74) is 0.738. The molecule has 1 fully saturated rings. The van der Waals surface area contributed by atoms with Crippen LogP contribution in [0.2, 0.25) is 0 Å². The summed E-state index contributed by atoms with van der Waals surface area (Å²) >= 11 is 0. The molecule has 2 heterocycles. The summed E-state index contributed by atoms with van der Waals surface area (Å²) in [5, 5.41) is 2.93. The molecule has 160 valence electrons. The minimum Gasteiger partial charge on any atom is -0.497 e. The first-order valence-electron chi connectivity index (χ1n) is 10.1. The van der Waals surface area contributed by atoms with Crippen molar-refractivity contribution in [2.75, 3.05) is 43.5 Å². The molecule has 2 aromatic carbocycles. The van der Waals surface area contributed by atoms with Crippen molar-refractivity contribution in [3.8, 4) is 17.4 Å². The summed E-state index contributed by atoms with van der Waals surface area (Å²) in [6.45, 7) is 4.40. The second kappa shape index (κ2) is 9.34. The van der Waals surface area contributed by atoms with Gasteiger partial charge in [-0.05, 0) is 43.3 Å². The van der Waals surface area contributed by atoms with Gasteiger partial charge in [0.15, 0.2) is 0 Å². The average molecular weight is 419 g/mol. The Labute approximate surface area is 181 Å². The molecular formula is C23H25N5O3. The molecule has 3 aromatic rings. The van der Waals surface area contributed by atoms with E-state index in [-0.39, 0.29) is 6.03 Å². The SMILES string of the molecule is COc1ccc(NC(=O)N2CCN(c3cc(Oc4ccccc4)nc(C)n3)CC2)cc1. The molecule has 31 heavy (non-hydrogen) atoms. The smallest absolute Gasteiger partial charge is 0.321 e. The zero-order valence-corrected chi connectivity index (χ0v) is 17.6. The van der Waals surface area contributed by atoms with Crippen LogP contribution in [0.25, 0.3) is 0 Å². The number of nitrogens with zero attached hydrogens (tertiary/aromatic N) is 4. The molecule has 1 saturated heterocycles. The first kappa shape index (κ1) is 20.5. The zero-order valence-electron chi connectivity index (χ0n) is 17.6. The number of aromatic nitrogens is 2. The molecule has 2 amide bonds. The number of aryl methyl sites for hydroxylation is 1. The van der Waals surface area contributed by atoms with Crippen molar-refractivity contribution in [2.45, 2.75) is 6.92 Å². The molecule has 1 N–H and O–H groups in total. The number of amides is 2. The highest BCUT2D eigenvalue weighted by Gasteiger charge is 2.23. The second-order valence-corrected chi connectivity index (χ2v) is 7.16. The van der Waals surface area contributed by atoms with Gasteiger partial charge < -0.3 is 24.6 Å². The summed E-state index contributed by atoms with van der Waals surface area (Å²) in [4.78, 5) is 25.5. The highest BCUT2D eigenvalue weighted by molar-refractivity contribution is 5.89. The van der Waals surface area contributed by atoms with E-state index in [1.165, 1.54) is 0 Å². The van der Waals surface area contributed by atoms with Crippen LogP contribution in [-0.2, 0) is 0 Å². The van der Waals surface area contributed by atoms with Crippen LogP contribution >= 0.6 is 0 Å². The number of carbonyl (C=O) groups is 1. The molecule has 8 nitrogen and oxygen atoms in total. The van der Waals surface area contributed by atoms with Gasteiger partial charge in [0.05, 0.1) is 7.11 Å². The number of hydrogen-bond donors (Lipinski definition) is 1. The van der Waals surface area contributed by atoms with E-state index >= 15 is 0 Å². The fraction of sp³-hybridized carbons (Fsp3) is 0.261. The number of hydrogen-bond acceptors (Lipinski definition) is 6. The lowest BCUT2D eigenvalue weighted by molar-refractivity contribution is 0.208. The molecule has 1 aromatic heterocycles. The van der Waals surface area contributed by atoms with E-state index in [0.29, 0.717) is 37.9 Å². The van der Waals surface area contributed by atoms with E-state index in [9.17, 15) is 4.79 Å². The number of carbonyl (C=O) groups excluding carboxylic acids is 1. The van der Waals surface area contributed by atoms with Crippen LogP contribution in [0, 0.1) is 6.92 Å². The molecule has 1 aliphatic heterocycles. The van der Waals surface area contributed by atoms with Gasteiger partial charge in [-0.3, -0.25) is 0 Å². The predicted octanol–water partition coefficient (Wildman–Crippen LogP) is 3.94. The van der Waals surface area contributed by atoms with Gasteiger partial charge in [0.25, 0.3) is 0 Å². The first-order chi connectivity index (χ1) is 15.1. The summed E-state index contributed by atoms with van der Waals surface area (Å²) < 4.78 is 11.0. The van der Waals surface area contributed by atoms with Crippen LogP contribution < -0.4 is 19.7 Å². The molecule has 0 atom stereocenters. The summed E-state index contributed by atoms with van der Waals surface area (Å²) in [7, 11) is 1.61. The normalized spacial score (nSPS) is 13.6. The van der Waals surface area contributed by atoms with Crippen molar-refractivity contribution < 1.29 is 14.3 Å². The maximum atomic E-state index is 12.6. The molecule has 0 aliphatic carbocycles. The third kappa shape index (κ3) is 5.22. The lowest BCUT2D eigenvalue weighted by Gasteiger charge is -2.35. The first-order valence-corrected chi connectivity index (χ1v) is 10.1. The van der Waals surface area contributed by atoms with E-state index in [1.807, 2.05) is 67.6 Å². The topological polar surface area (TPSA) is 79.8 Å². The van der Waals surface area contributed by atoms with Gasteiger partial charge >= 0.3 is 6.03 Å². The van der Waals surface area contributed by atoms with E-state index in [2.05, 4.69) is 20.2 Å². The quantitative estimate of drug-likeness (QED) is 0.675. The third-order valence-electron chi connectivity index (χ3n) is 5.00. The number of rotatable bonds is 5. The highest BCUT2D eigenvalue weighted by atomic mass is 16.5. The van der Waals surface area contributed by atoms with E-state index in [1.54, 1.807) is 12.0 Å². The second-order valence-electron chi connectivity index (χ2n) is 7.16. The van der Waals surface area contributed by atoms with Crippen molar-refractivity contribution in [1.29, 1.82) is 0 Å². The number of urea groups is 1. The predicted molar refractivity (Wildman–Crippen MR) is 119 cm³/mol. The van der Waals surface area contributed by atoms with Crippen molar-refractivity contribution in [3.05, 3.63) is 66.5 Å². The number of nitrogens with one attached hydrogen (secondary N) is 1. The van der Waals surface area contributed by atoms with Crippen LogP contribution in [0.5, 0.6) is 17.4 Å². The monoisotopic (exact) mass is 419 g/mol. The van der Waals surface area contributed by atoms with Crippen LogP contribution in [0.1, 0.15) is 5.82 Å². The molecule has 0 spiro atoms. The highest BCUT2D eigenvalue weighted by Crippen LogP contribution is 2.24. The number of para-hydroxylation sites is 1. The minimum atomic E-state index is -0.114. The lowest BCUT2D eigenvalue weighted by atomic mass is 10.3. The van der Waals surface area contributed by atoms with E-state index in [0.717, 1.165) is 23.0 Å². The Morgan fingerprint density at radius 3 is 2.32 bits per heavy atom. The van der Waals surface area contributed by atoms with Gasteiger partial charge in [0.2, 0.25) is 5.88 Å². The van der Waals surface area contributed by atoms with Crippen LogP contribution in [-0.4, -0.2) is 54.2 Å². The molecule has 1 aliphatic rings. The average Bonchev–Trinajstić information content (AvgIpc) is 2.80. The number of piperazine rings is 1. The number of anilines is 2. The van der Waals surface area contributed by atoms with Crippen LogP contribution in [0.3, 0.4) is 0 Å². The number of ether oxygens (including phenoxy) is 2. The fourth-order valence-electron chi connectivity index (χ4n) is 3.36. The molecular weight excluding hydrogens is 394 g/mol. The summed E-state index contributed by atoms with van der Waals surface area (Å²) in [6.07, 6.45) is 0. The van der Waals surface area contributed by atoms with Crippen molar-refractivity contribution in [1.82, 2.24) is 14.9 Å². The summed E-state index contributed by atoms with van der Waals surface area (Å²) in [5.74, 6) is 3.43. The molecule has 4 rings (SSSR count). The molecule has 8 heteroatoms. The Morgan fingerprint density at radius 1 is 0.935 bits per heavy atom. The van der Waals surface area contributed by atoms with E-state index < -0.39 is 0 Å². The Kier molecular flexibility index (Phi) is 6.16. The Bertz CT molecular complexity index is 1020. The van der Waals surface area contributed by atoms with Gasteiger partial charge in [-0.1, -0.05) is 18.2 Å². The molecule has 0 radical (unpaired) electrons. The van der Waals surface area contributed by atoms with Gasteiger partial charge in [-0.15, -0.1) is 0 Å². The Balaban J connectivity index is 1.36. The lowest BCUT2D eigenvalue weighted by Crippen LogP contribution is -2.50. The maximum absolute atomic E-state index is 12.6. The van der Waals surface area contributed by atoms with Crippen molar-refractivity contribution in [2.24, 2.45) is 0 Å². The van der Waals surface area contributed by atoms with Gasteiger partial charge in [-0.2, -0.15) is 4.98 Å². The largest absolute Gasteiger partial charge is 0.497 e. The maximum Gasteiger partial charge on any atom is 0.321 e. The third-order valence-corrected chi connectivity index (χ3v) is 5.00. The van der Waals surface area contributed by atoms with Crippen LogP contribution in [0.15, 0.2) is 60.7 Å². The van der Waals surface area contributed by atoms with Crippen molar-refractivity contribution in [3.63, 3.8) is 0 Å². The van der Waals surface area contributed by atoms with Gasteiger partial charge in [0, 0.05) is 37.9 Å². The Hall–Kier alpha value is -3.81. The molecule has 0 saturated carbocycles.